The first kappa shape index (κ1) is 16.8. The van der Waals surface area contributed by atoms with Crippen molar-refractivity contribution in [3.8, 4) is 0 Å². The smallest absolute Gasteiger partial charge is 0.319 e. The van der Waals surface area contributed by atoms with E-state index in [1.54, 1.807) is 12.1 Å². The van der Waals surface area contributed by atoms with E-state index in [1.165, 1.54) is 11.6 Å². The molecule has 2 aliphatic rings. The van der Waals surface area contributed by atoms with E-state index in [-0.39, 0.29) is 11.8 Å². The highest BCUT2D eigenvalue weighted by atomic mass is 19.1. The van der Waals surface area contributed by atoms with Crippen LogP contribution < -0.4 is 15.5 Å². The lowest BCUT2D eigenvalue weighted by Crippen LogP contribution is -2.34. The molecule has 2 N–H and O–H groups in total. The minimum absolute atomic E-state index is 0.195. The number of hydrogen-bond acceptors (Lipinski definition) is 3. The molecule has 2 heterocycles. The summed E-state index contributed by atoms with van der Waals surface area (Å²) in [6.07, 6.45) is 0.935. The monoisotopic (exact) mass is 355 g/mol. The van der Waals surface area contributed by atoms with E-state index in [0.717, 1.165) is 30.8 Å². The minimum atomic E-state index is -0.215. The van der Waals surface area contributed by atoms with Crippen LogP contribution in [0.1, 0.15) is 17.5 Å². The predicted octanol–water partition coefficient (Wildman–Crippen LogP) is 3.50. The van der Waals surface area contributed by atoms with E-state index < -0.39 is 0 Å². The standard InChI is InChI=1S/C20H22FN3O2/c21-18-3-1-2-4-19(18)24-8-7-14(11-24)10-22-20(25)23-17-6-5-15-12-26-13-16(15)9-17/h1-6,9,14H,7-8,10-13H2,(H2,22,23,25)/t14-/m0/s1. The van der Waals surface area contributed by atoms with Crippen LogP contribution in [0.15, 0.2) is 42.5 Å². The van der Waals surface area contributed by atoms with Crippen molar-refractivity contribution in [3.63, 3.8) is 0 Å². The highest BCUT2D eigenvalue weighted by Gasteiger charge is 2.24. The molecule has 0 aromatic heterocycles. The molecule has 0 saturated carbocycles. The van der Waals surface area contributed by atoms with Crippen LogP contribution in [0, 0.1) is 11.7 Å². The normalized spacial score (nSPS) is 18.7. The molecule has 2 aromatic carbocycles. The average molecular weight is 355 g/mol. The lowest BCUT2D eigenvalue weighted by molar-refractivity contribution is 0.134. The van der Waals surface area contributed by atoms with Gasteiger partial charge in [-0.15, -0.1) is 0 Å². The minimum Gasteiger partial charge on any atom is -0.372 e. The fourth-order valence-corrected chi connectivity index (χ4v) is 3.59. The topological polar surface area (TPSA) is 53.6 Å². The maximum absolute atomic E-state index is 13.9. The number of nitrogens with one attached hydrogen (secondary N) is 2. The molecule has 136 valence electrons. The van der Waals surface area contributed by atoms with Crippen molar-refractivity contribution in [1.29, 1.82) is 0 Å². The van der Waals surface area contributed by atoms with Crippen LogP contribution in [-0.4, -0.2) is 25.7 Å². The van der Waals surface area contributed by atoms with E-state index in [9.17, 15) is 9.18 Å². The van der Waals surface area contributed by atoms with Crippen LogP contribution in [0.2, 0.25) is 0 Å². The quantitative estimate of drug-likeness (QED) is 0.883. The van der Waals surface area contributed by atoms with Gasteiger partial charge in [0.05, 0.1) is 18.9 Å². The molecule has 1 fully saturated rings. The van der Waals surface area contributed by atoms with Crippen LogP contribution >= 0.6 is 0 Å². The summed E-state index contributed by atoms with van der Waals surface area (Å²) in [6, 6.07) is 12.4. The summed E-state index contributed by atoms with van der Waals surface area (Å²) in [5.41, 5.74) is 3.71. The van der Waals surface area contributed by atoms with Gasteiger partial charge in [0.25, 0.3) is 0 Å². The zero-order chi connectivity index (χ0) is 17.9. The molecular formula is C20H22FN3O2. The molecule has 2 aliphatic heterocycles. The summed E-state index contributed by atoms with van der Waals surface area (Å²) in [7, 11) is 0. The fraction of sp³-hybridized carbons (Fsp3) is 0.350. The van der Waals surface area contributed by atoms with Gasteiger partial charge in [-0.3, -0.25) is 0 Å². The van der Waals surface area contributed by atoms with Crippen molar-refractivity contribution < 1.29 is 13.9 Å². The van der Waals surface area contributed by atoms with Crippen molar-refractivity contribution in [3.05, 3.63) is 59.4 Å². The molecule has 26 heavy (non-hydrogen) atoms. The summed E-state index contributed by atoms with van der Waals surface area (Å²) in [6.45, 7) is 3.37. The molecule has 1 saturated heterocycles. The molecule has 0 aliphatic carbocycles. The first-order valence-corrected chi connectivity index (χ1v) is 8.93. The number of amides is 2. The zero-order valence-electron chi connectivity index (χ0n) is 14.5. The van der Waals surface area contributed by atoms with Gasteiger partial charge in [0.15, 0.2) is 0 Å². The van der Waals surface area contributed by atoms with Crippen molar-refractivity contribution in [1.82, 2.24) is 5.32 Å². The number of benzene rings is 2. The number of ether oxygens (including phenoxy) is 1. The molecule has 6 heteroatoms. The molecule has 2 amide bonds. The molecule has 0 bridgehead atoms. The second-order valence-electron chi connectivity index (χ2n) is 6.86. The predicted molar refractivity (Wildman–Crippen MR) is 98.7 cm³/mol. The molecule has 1 atom stereocenters. The lowest BCUT2D eigenvalue weighted by atomic mass is 10.1. The maximum Gasteiger partial charge on any atom is 0.319 e. The Labute approximate surface area is 152 Å². The third kappa shape index (κ3) is 3.65. The first-order valence-electron chi connectivity index (χ1n) is 8.93. The first-order chi connectivity index (χ1) is 12.7. The second-order valence-corrected chi connectivity index (χ2v) is 6.86. The van der Waals surface area contributed by atoms with Crippen LogP contribution in [0.5, 0.6) is 0 Å². The Kier molecular flexibility index (Phi) is 4.75. The van der Waals surface area contributed by atoms with Gasteiger partial charge in [0, 0.05) is 25.3 Å². The Morgan fingerprint density at radius 2 is 2.04 bits per heavy atom. The summed E-state index contributed by atoms with van der Waals surface area (Å²) in [4.78, 5) is 14.2. The van der Waals surface area contributed by atoms with E-state index in [2.05, 4.69) is 10.6 Å². The maximum atomic E-state index is 13.9. The number of para-hydroxylation sites is 1. The third-order valence-electron chi connectivity index (χ3n) is 5.01. The molecule has 0 spiro atoms. The number of nitrogens with zero attached hydrogens (tertiary/aromatic N) is 1. The number of rotatable bonds is 4. The van der Waals surface area contributed by atoms with Gasteiger partial charge in [0.1, 0.15) is 5.82 Å². The number of carbonyl (C=O) groups is 1. The molecule has 0 radical (unpaired) electrons. The highest BCUT2D eigenvalue weighted by Crippen LogP contribution is 2.26. The SMILES string of the molecule is O=C(NC[C@@H]1CCN(c2ccccc2F)C1)Nc1ccc2c(c1)COC2. The summed E-state index contributed by atoms with van der Waals surface area (Å²) in [5, 5.41) is 5.79. The number of anilines is 2. The van der Waals surface area contributed by atoms with Gasteiger partial charge in [-0.25, -0.2) is 9.18 Å². The van der Waals surface area contributed by atoms with Crippen molar-refractivity contribution in [2.75, 3.05) is 29.9 Å². The van der Waals surface area contributed by atoms with E-state index in [4.69, 9.17) is 4.74 Å². The number of fused-ring (bicyclic) bond motifs is 1. The van der Waals surface area contributed by atoms with Gasteiger partial charge in [-0.05, 0) is 47.7 Å². The van der Waals surface area contributed by atoms with Gasteiger partial charge < -0.3 is 20.3 Å². The summed E-state index contributed by atoms with van der Waals surface area (Å²) >= 11 is 0. The van der Waals surface area contributed by atoms with Crippen LogP contribution in [0.25, 0.3) is 0 Å². The lowest BCUT2D eigenvalue weighted by Gasteiger charge is -2.19. The Morgan fingerprint density at radius 1 is 1.19 bits per heavy atom. The Balaban J connectivity index is 1.27. The molecule has 2 aromatic rings. The number of hydrogen-bond donors (Lipinski definition) is 2. The Morgan fingerprint density at radius 3 is 2.92 bits per heavy atom. The van der Waals surface area contributed by atoms with Crippen LogP contribution in [0.4, 0.5) is 20.6 Å². The van der Waals surface area contributed by atoms with Crippen LogP contribution in [-0.2, 0) is 18.0 Å². The van der Waals surface area contributed by atoms with Crippen molar-refractivity contribution >= 4 is 17.4 Å². The largest absolute Gasteiger partial charge is 0.372 e. The average Bonchev–Trinajstić information content (AvgIpc) is 3.29. The van der Waals surface area contributed by atoms with Crippen LogP contribution in [0.3, 0.4) is 0 Å². The third-order valence-corrected chi connectivity index (χ3v) is 5.01. The molecule has 4 rings (SSSR count). The van der Waals surface area contributed by atoms with Gasteiger partial charge >= 0.3 is 6.03 Å². The Hall–Kier alpha value is -2.60. The number of carbonyl (C=O) groups excluding carboxylic acids is 1. The van der Waals surface area contributed by atoms with Gasteiger partial charge in [-0.1, -0.05) is 18.2 Å². The highest BCUT2D eigenvalue weighted by molar-refractivity contribution is 5.89. The summed E-state index contributed by atoms with van der Waals surface area (Å²) in [5.74, 6) is 0.119. The number of halogens is 1. The molecule has 5 nitrogen and oxygen atoms in total. The fourth-order valence-electron chi connectivity index (χ4n) is 3.59. The van der Waals surface area contributed by atoms with Gasteiger partial charge in [0.2, 0.25) is 0 Å². The van der Waals surface area contributed by atoms with Crippen molar-refractivity contribution in [2.24, 2.45) is 5.92 Å². The number of urea groups is 1. The summed E-state index contributed by atoms with van der Waals surface area (Å²) < 4.78 is 19.3. The van der Waals surface area contributed by atoms with Gasteiger partial charge in [-0.2, -0.15) is 0 Å². The van der Waals surface area contributed by atoms with Crippen molar-refractivity contribution in [2.45, 2.75) is 19.6 Å². The zero-order valence-corrected chi connectivity index (χ0v) is 14.5. The molecular weight excluding hydrogens is 333 g/mol. The molecule has 0 unspecified atom stereocenters. The second kappa shape index (κ2) is 7.33. The van der Waals surface area contributed by atoms with E-state index in [1.807, 2.05) is 29.2 Å². The van der Waals surface area contributed by atoms with E-state index in [0.29, 0.717) is 31.4 Å². The van der Waals surface area contributed by atoms with E-state index >= 15 is 0 Å². The Bertz CT molecular complexity index is 811.